The Morgan fingerprint density at radius 3 is 2.62 bits per heavy atom. The highest BCUT2D eigenvalue weighted by Gasteiger charge is 2.02. The number of phenols is 1. The number of hydrogen-bond donors (Lipinski definition) is 1. The van der Waals surface area contributed by atoms with Gasteiger partial charge in [0.2, 0.25) is 0 Å². The topological polar surface area (TPSA) is 86.1 Å². The van der Waals surface area contributed by atoms with Gasteiger partial charge in [-0.05, 0) is 29.8 Å². The molecule has 0 aliphatic rings. The van der Waals surface area contributed by atoms with E-state index in [1.807, 2.05) is 0 Å². The minimum atomic E-state index is -0.266. The summed E-state index contributed by atoms with van der Waals surface area (Å²) in [5.74, 6) is -0.168. The van der Waals surface area contributed by atoms with E-state index in [2.05, 4.69) is 10.0 Å². The molecular weight excluding hydrogens is 170 g/mol. The molecule has 0 aliphatic carbocycles. The van der Waals surface area contributed by atoms with E-state index in [0.29, 0.717) is 5.56 Å². The van der Waals surface area contributed by atoms with Gasteiger partial charge in [-0.25, -0.2) is 0 Å². The van der Waals surface area contributed by atoms with Gasteiger partial charge in [-0.1, -0.05) is 5.11 Å². The molecule has 0 saturated heterocycles. The number of Topliss-reactive ketones (excluding diaryl/α,β-unsaturated/α-hetero) is 1. The highest BCUT2D eigenvalue weighted by molar-refractivity contribution is 5.97. The van der Waals surface area contributed by atoms with Crippen LogP contribution in [0.4, 0.5) is 0 Å². The lowest BCUT2D eigenvalue weighted by molar-refractivity contribution is 0.100. The van der Waals surface area contributed by atoms with Crippen molar-refractivity contribution in [2.24, 2.45) is 5.11 Å². The smallest absolute Gasteiger partial charge is 0.168 e. The second kappa shape index (κ2) is 4.13. The number of carbonyl (C=O) groups excluding carboxylic acids is 1. The van der Waals surface area contributed by atoms with E-state index in [-0.39, 0.29) is 18.1 Å². The van der Waals surface area contributed by atoms with Crippen LogP contribution in [0, 0.1) is 0 Å². The van der Waals surface area contributed by atoms with Crippen molar-refractivity contribution in [1.82, 2.24) is 0 Å². The fraction of sp³-hybridized carbons (Fsp3) is 0.125. The lowest BCUT2D eigenvalue weighted by Gasteiger charge is -1.96. The second-order valence-corrected chi connectivity index (χ2v) is 2.36. The van der Waals surface area contributed by atoms with Crippen molar-refractivity contribution in [3.63, 3.8) is 0 Å². The van der Waals surface area contributed by atoms with Crippen molar-refractivity contribution in [3.05, 3.63) is 40.3 Å². The van der Waals surface area contributed by atoms with Crippen molar-refractivity contribution in [2.45, 2.75) is 0 Å². The first-order chi connectivity index (χ1) is 6.24. The Bertz CT molecular complexity index is 352. The van der Waals surface area contributed by atoms with E-state index >= 15 is 0 Å². The van der Waals surface area contributed by atoms with Crippen LogP contribution in [0.1, 0.15) is 10.4 Å². The van der Waals surface area contributed by atoms with E-state index < -0.39 is 0 Å². The Morgan fingerprint density at radius 1 is 1.46 bits per heavy atom. The molecule has 1 aromatic rings. The summed E-state index contributed by atoms with van der Waals surface area (Å²) < 4.78 is 0. The van der Waals surface area contributed by atoms with Gasteiger partial charge in [0.15, 0.2) is 5.78 Å². The number of rotatable bonds is 3. The van der Waals surface area contributed by atoms with Gasteiger partial charge in [-0.15, -0.1) is 0 Å². The van der Waals surface area contributed by atoms with E-state index in [9.17, 15) is 4.79 Å². The molecule has 0 aromatic heterocycles. The Hall–Kier alpha value is -2.00. The van der Waals surface area contributed by atoms with Crippen molar-refractivity contribution in [2.75, 3.05) is 6.54 Å². The Labute approximate surface area is 74.3 Å². The van der Waals surface area contributed by atoms with Gasteiger partial charge < -0.3 is 5.11 Å². The van der Waals surface area contributed by atoms with Gasteiger partial charge in [-0.3, -0.25) is 4.79 Å². The molecule has 5 heteroatoms. The number of aromatic hydroxyl groups is 1. The molecule has 66 valence electrons. The van der Waals surface area contributed by atoms with E-state index in [1.165, 1.54) is 24.3 Å². The molecule has 0 unspecified atom stereocenters. The van der Waals surface area contributed by atoms with Crippen molar-refractivity contribution in [3.8, 4) is 5.75 Å². The molecule has 0 fully saturated rings. The molecule has 0 atom stereocenters. The zero-order valence-corrected chi connectivity index (χ0v) is 6.71. The molecule has 0 bridgehead atoms. The largest absolute Gasteiger partial charge is 0.508 e. The molecular formula is C8H7N3O2. The zero-order valence-electron chi connectivity index (χ0n) is 6.71. The Kier molecular flexibility index (Phi) is 2.89. The van der Waals surface area contributed by atoms with Crippen LogP contribution < -0.4 is 0 Å². The molecule has 1 aromatic carbocycles. The molecule has 0 saturated carbocycles. The van der Waals surface area contributed by atoms with Crippen molar-refractivity contribution < 1.29 is 9.90 Å². The van der Waals surface area contributed by atoms with Crippen LogP contribution in [0.25, 0.3) is 10.4 Å². The van der Waals surface area contributed by atoms with Gasteiger partial charge in [-0.2, -0.15) is 0 Å². The molecule has 0 spiro atoms. The van der Waals surface area contributed by atoms with Gasteiger partial charge in [0.05, 0.1) is 6.54 Å². The second-order valence-electron chi connectivity index (χ2n) is 2.36. The average Bonchev–Trinajstić information content (AvgIpc) is 2.15. The van der Waals surface area contributed by atoms with Crippen molar-refractivity contribution in [1.29, 1.82) is 0 Å². The summed E-state index contributed by atoms with van der Waals surface area (Å²) in [4.78, 5) is 13.6. The first-order valence-corrected chi connectivity index (χ1v) is 3.57. The minimum Gasteiger partial charge on any atom is -0.508 e. The van der Waals surface area contributed by atoms with Crippen LogP contribution in [-0.2, 0) is 0 Å². The summed E-state index contributed by atoms with van der Waals surface area (Å²) >= 11 is 0. The first-order valence-electron chi connectivity index (χ1n) is 3.57. The third-order valence-corrected chi connectivity index (χ3v) is 1.47. The standard InChI is InChI=1S/C8H7N3O2/c9-11-10-5-8(13)6-1-3-7(12)4-2-6/h1-4,12H,5H2. The summed E-state index contributed by atoms with van der Waals surface area (Å²) in [5.41, 5.74) is 8.39. The molecule has 0 amide bonds. The van der Waals surface area contributed by atoms with Crippen molar-refractivity contribution >= 4 is 5.78 Å². The molecule has 0 radical (unpaired) electrons. The number of carbonyl (C=O) groups is 1. The number of phenolic OH excluding ortho intramolecular Hbond substituents is 1. The monoisotopic (exact) mass is 177 g/mol. The van der Waals surface area contributed by atoms with Gasteiger partial charge >= 0.3 is 0 Å². The molecule has 0 heterocycles. The van der Waals surface area contributed by atoms with Crippen LogP contribution in [0.5, 0.6) is 5.75 Å². The predicted molar refractivity (Wildman–Crippen MR) is 46.5 cm³/mol. The van der Waals surface area contributed by atoms with E-state index in [4.69, 9.17) is 10.6 Å². The van der Waals surface area contributed by atoms with Crippen LogP contribution in [0.3, 0.4) is 0 Å². The maximum atomic E-state index is 11.2. The maximum Gasteiger partial charge on any atom is 0.168 e. The molecule has 1 rings (SSSR count). The number of hydrogen-bond acceptors (Lipinski definition) is 3. The molecule has 1 N–H and O–H groups in total. The molecule has 0 aliphatic heterocycles. The fourth-order valence-electron chi connectivity index (χ4n) is 0.834. The number of benzene rings is 1. The highest BCUT2D eigenvalue weighted by Crippen LogP contribution is 2.09. The number of azide groups is 1. The summed E-state index contributed by atoms with van der Waals surface area (Å²) in [6.45, 7) is -0.193. The summed E-state index contributed by atoms with van der Waals surface area (Å²) in [7, 11) is 0. The average molecular weight is 177 g/mol. The summed E-state index contributed by atoms with van der Waals surface area (Å²) in [5, 5.41) is 12.1. The van der Waals surface area contributed by atoms with E-state index in [0.717, 1.165) is 0 Å². The van der Waals surface area contributed by atoms with Gasteiger partial charge in [0.1, 0.15) is 5.75 Å². The quantitative estimate of drug-likeness (QED) is 0.330. The normalized spacial score (nSPS) is 8.92. The molecule has 5 nitrogen and oxygen atoms in total. The third-order valence-electron chi connectivity index (χ3n) is 1.47. The Morgan fingerprint density at radius 2 is 2.08 bits per heavy atom. The Balaban J connectivity index is 2.77. The third kappa shape index (κ3) is 2.50. The zero-order chi connectivity index (χ0) is 9.68. The van der Waals surface area contributed by atoms with Crippen LogP contribution in [0.15, 0.2) is 29.4 Å². The predicted octanol–water partition coefficient (Wildman–Crippen LogP) is 1.89. The number of ketones is 1. The lowest BCUT2D eigenvalue weighted by Crippen LogP contribution is -2.01. The number of nitrogens with zero attached hydrogens (tertiary/aromatic N) is 3. The fourth-order valence-corrected chi connectivity index (χ4v) is 0.834. The SMILES string of the molecule is [N-]=[N+]=NCC(=O)c1ccc(O)cc1. The lowest BCUT2D eigenvalue weighted by atomic mass is 10.1. The first kappa shape index (κ1) is 9.09. The van der Waals surface area contributed by atoms with Crippen LogP contribution in [0.2, 0.25) is 0 Å². The maximum absolute atomic E-state index is 11.2. The minimum absolute atomic E-state index is 0.0975. The summed E-state index contributed by atoms with van der Waals surface area (Å²) in [6, 6.07) is 5.77. The van der Waals surface area contributed by atoms with Crippen LogP contribution >= 0.6 is 0 Å². The molecule has 13 heavy (non-hydrogen) atoms. The van der Waals surface area contributed by atoms with E-state index in [1.54, 1.807) is 0 Å². The summed E-state index contributed by atoms with van der Waals surface area (Å²) in [6.07, 6.45) is 0. The van der Waals surface area contributed by atoms with Gasteiger partial charge in [0.25, 0.3) is 0 Å². The van der Waals surface area contributed by atoms with Crippen LogP contribution in [-0.4, -0.2) is 17.4 Å². The highest BCUT2D eigenvalue weighted by atomic mass is 16.3. The van der Waals surface area contributed by atoms with Gasteiger partial charge in [0, 0.05) is 10.5 Å².